The van der Waals surface area contributed by atoms with Gasteiger partial charge in [0.05, 0.1) is 6.61 Å². The van der Waals surface area contributed by atoms with E-state index in [1.54, 1.807) is 0 Å². The highest BCUT2D eigenvalue weighted by atomic mass is 16.5. The van der Waals surface area contributed by atoms with E-state index in [0.29, 0.717) is 0 Å². The Balaban J connectivity index is 3.76. The molecule has 0 aliphatic heterocycles. The quantitative estimate of drug-likeness (QED) is 0.201. The van der Waals surface area contributed by atoms with Crippen molar-refractivity contribution in [2.24, 2.45) is 16.8 Å². The van der Waals surface area contributed by atoms with Crippen LogP contribution in [0.3, 0.4) is 0 Å². The molecule has 0 aliphatic rings. The molecule has 0 aliphatic carbocycles. The number of rotatable bonds is 10. The van der Waals surface area contributed by atoms with Gasteiger partial charge < -0.3 is 20.6 Å². The van der Waals surface area contributed by atoms with Crippen LogP contribution >= 0.6 is 0 Å². The van der Waals surface area contributed by atoms with Gasteiger partial charge in [-0.25, -0.2) is 0 Å². The molecular formula is C12H27N3O2. The van der Waals surface area contributed by atoms with Gasteiger partial charge in [-0.3, -0.25) is 0 Å². The Morgan fingerprint density at radius 2 is 2.12 bits per heavy atom. The van der Waals surface area contributed by atoms with Crippen molar-refractivity contribution in [1.82, 2.24) is 4.90 Å². The molecule has 0 saturated heterocycles. The number of hydrogen-bond donors (Lipinski definition) is 2. The molecule has 0 heterocycles. The zero-order valence-electron chi connectivity index (χ0n) is 11.4. The van der Waals surface area contributed by atoms with Crippen molar-refractivity contribution in [1.29, 1.82) is 0 Å². The van der Waals surface area contributed by atoms with Crippen LogP contribution < -0.4 is 5.73 Å². The fourth-order valence-corrected chi connectivity index (χ4v) is 1.50. The number of ether oxygens (including phenoxy) is 1. The lowest BCUT2D eigenvalue weighted by atomic mass is 10.1. The minimum atomic E-state index is 0.0654. The predicted octanol–water partition coefficient (Wildman–Crippen LogP) is 1.51. The molecule has 17 heavy (non-hydrogen) atoms. The standard InChI is InChI=1S/C12H27N3O2/c1-4-6-8-17-9-7-15(5-2)10-11(3)12(13)14-16/h11,16H,4-10H2,1-3H3,(H2,13,14). The zero-order chi connectivity index (χ0) is 13.1. The van der Waals surface area contributed by atoms with Crippen LogP contribution in [0.5, 0.6) is 0 Å². The highest BCUT2D eigenvalue weighted by Gasteiger charge is 2.12. The lowest BCUT2D eigenvalue weighted by Gasteiger charge is -2.23. The number of likely N-dealkylation sites (N-methyl/N-ethyl adjacent to an activating group) is 1. The molecule has 3 N–H and O–H groups in total. The molecule has 0 aromatic rings. The summed E-state index contributed by atoms with van der Waals surface area (Å²) in [5.41, 5.74) is 5.56. The Morgan fingerprint density at radius 1 is 1.41 bits per heavy atom. The first-order chi connectivity index (χ1) is 8.15. The van der Waals surface area contributed by atoms with Crippen LogP contribution in [0.25, 0.3) is 0 Å². The molecule has 0 rings (SSSR count). The molecule has 1 atom stereocenters. The monoisotopic (exact) mass is 245 g/mol. The summed E-state index contributed by atoms with van der Waals surface area (Å²) in [7, 11) is 0. The first kappa shape index (κ1) is 16.2. The maximum Gasteiger partial charge on any atom is 0.143 e. The van der Waals surface area contributed by atoms with Crippen molar-refractivity contribution in [2.75, 3.05) is 32.8 Å². The van der Waals surface area contributed by atoms with Gasteiger partial charge in [0.1, 0.15) is 5.84 Å². The second-order valence-electron chi connectivity index (χ2n) is 4.29. The molecule has 0 amide bonds. The van der Waals surface area contributed by atoms with Crippen LogP contribution in [0.2, 0.25) is 0 Å². The van der Waals surface area contributed by atoms with E-state index >= 15 is 0 Å². The third-order valence-electron chi connectivity index (χ3n) is 2.79. The van der Waals surface area contributed by atoms with E-state index in [1.165, 1.54) is 0 Å². The van der Waals surface area contributed by atoms with Crippen LogP contribution in [-0.4, -0.2) is 48.8 Å². The van der Waals surface area contributed by atoms with Crippen LogP contribution in [0.1, 0.15) is 33.6 Å². The number of amidine groups is 1. The average Bonchev–Trinajstić information content (AvgIpc) is 2.35. The van der Waals surface area contributed by atoms with E-state index in [4.69, 9.17) is 15.7 Å². The molecule has 0 bridgehead atoms. The minimum absolute atomic E-state index is 0.0654. The zero-order valence-corrected chi connectivity index (χ0v) is 11.4. The third kappa shape index (κ3) is 7.99. The Hall–Kier alpha value is -0.810. The van der Waals surface area contributed by atoms with Crippen LogP contribution in [-0.2, 0) is 4.74 Å². The number of unbranched alkanes of at least 4 members (excludes halogenated alkanes) is 1. The van der Waals surface area contributed by atoms with Gasteiger partial charge in [-0.2, -0.15) is 0 Å². The van der Waals surface area contributed by atoms with E-state index in [0.717, 1.165) is 45.7 Å². The minimum Gasteiger partial charge on any atom is -0.409 e. The highest BCUT2D eigenvalue weighted by Crippen LogP contribution is 2.00. The molecular weight excluding hydrogens is 218 g/mol. The van der Waals surface area contributed by atoms with Crippen molar-refractivity contribution in [3.63, 3.8) is 0 Å². The molecule has 0 spiro atoms. The van der Waals surface area contributed by atoms with E-state index in [2.05, 4.69) is 23.9 Å². The summed E-state index contributed by atoms with van der Waals surface area (Å²) in [6.45, 7) is 10.4. The lowest BCUT2D eigenvalue weighted by molar-refractivity contribution is 0.101. The number of nitrogens with zero attached hydrogens (tertiary/aromatic N) is 2. The van der Waals surface area contributed by atoms with Gasteiger partial charge in [0.15, 0.2) is 0 Å². The second-order valence-corrected chi connectivity index (χ2v) is 4.29. The van der Waals surface area contributed by atoms with Crippen LogP contribution in [0.15, 0.2) is 5.16 Å². The van der Waals surface area contributed by atoms with E-state index < -0.39 is 0 Å². The largest absolute Gasteiger partial charge is 0.409 e. The van der Waals surface area contributed by atoms with Crippen molar-refractivity contribution in [3.8, 4) is 0 Å². The lowest BCUT2D eigenvalue weighted by Crippen LogP contribution is -2.36. The van der Waals surface area contributed by atoms with E-state index in [-0.39, 0.29) is 11.8 Å². The normalized spacial score (nSPS) is 14.2. The van der Waals surface area contributed by atoms with Gasteiger partial charge in [-0.1, -0.05) is 32.3 Å². The molecule has 0 radical (unpaired) electrons. The summed E-state index contributed by atoms with van der Waals surface area (Å²) in [4.78, 5) is 2.24. The first-order valence-corrected chi connectivity index (χ1v) is 6.43. The number of nitrogens with two attached hydrogens (primary N) is 1. The molecule has 0 aromatic carbocycles. The maximum absolute atomic E-state index is 8.58. The average molecular weight is 245 g/mol. The van der Waals surface area contributed by atoms with Crippen LogP contribution in [0.4, 0.5) is 0 Å². The third-order valence-corrected chi connectivity index (χ3v) is 2.79. The van der Waals surface area contributed by atoms with Gasteiger partial charge in [-0.15, -0.1) is 0 Å². The summed E-state index contributed by atoms with van der Waals surface area (Å²) in [5, 5.41) is 11.6. The van der Waals surface area contributed by atoms with E-state index in [9.17, 15) is 0 Å². The molecule has 1 unspecified atom stereocenters. The molecule has 0 aromatic heterocycles. The van der Waals surface area contributed by atoms with Crippen molar-refractivity contribution < 1.29 is 9.94 Å². The Kier molecular flexibility index (Phi) is 9.86. The van der Waals surface area contributed by atoms with Crippen molar-refractivity contribution in [3.05, 3.63) is 0 Å². The van der Waals surface area contributed by atoms with Gasteiger partial charge in [0, 0.05) is 25.6 Å². The first-order valence-electron chi connectivity index (χ1n) is 6.43. The topological polar surface area (TPSA) is 71.1 Å². The van der Waals surface area contributed by atoms with Gasteiger partial charge in [0.2, 0.25) is 0 Å². The fraction of sp³-hybridized carbons (Fsp3) is 0.917. The summed E-state index contributed by atoms with van der Waals surface area (Å²) in [6.07, 6.45) is 2.28. The molecule has 0 saturated carbocycles. The Bertz CT molecular complexity index is 210. The molecule has 5 nitrogen and oxygen atoms in total. The van der Waals surface area contributed by atoms with Gasteiger partial charge in [-0.05, 0) is 13.0 Å². The second kappa shape index (κ2) is 10.4. The number of hydrogen-bond acceptors (Lipinski definition) is 4. The van der Waals surface area contributed by atoms with E-state index in [1.807, 2.05) is 6.92 Å². The summed E-state index contributed by atoms with van der Waals surface area (Å²) in [6, 6.07) is 0. The van der Waals surface area contributed by atoms with Gasteiger partial charge in [0.25, 0.3) is 0 Å². The number of oxime groups is 1. The molecule has 102 valence electrons. The Morgan fingerprint density at radius 3 is 2.65 bits per heavy atom. The predicted molar refractivity (Wildman–Crippen MR) is 70.4 cm³/mol. The summed E-state index contributed by atoms with van der Waals surface area (Å²) in [5.74, 6) is 0.353. The Labute approximate surface area is 105 Å². The molecule has 5 heteroatoms. The smallest absolute Gasteiger partial charge is 0.143 e. The highest BCUT2D eigenvalue weighted by molar-refractivity contribution is 5.82. The fourth-order valence-electron chi connectivity index (χ4n) is 1.50. The maximum atomic E-state index is 8.58. The van der Waals surface area contributed by atoms with Crippen molar-refractivity contribution >= 4 is 5.84 Å². The van der Waals surface area contributed by atoms with Crippen LogP contribution in [0, 0.1) is 5.92 Å². The summed E-state index contributed by atoms with van der Waals surface area (Å²) >= 11 is 0. The van der Waals surface area contributed by atoms with Crippen molar-refractivity contribution in [2.45, 2.75) is 33.6 Å². The molecule has 0 fully saturated rings. The summed E-state index contributed by atoms with van der Waals surface area (Å²) < 4.78 is 5.52. The SMILES string of the molecule is CCCCOCCN(CC)CC(C)C(N)=NO. The van der Waals surface area contributed by atoms with Gasteiger partial charge >= 0.3 is 0 Å².